The molecule has 100 valence electrons. The monoisotopic (exact) mass is 259 g/mol. The van der Waals surface area contributed by atoms with E-state index < -0.39 is 0 Å². The lowest BCUT2D eigenvalue weighted by atomic mass is 10.0. The largest absolute Gasteiger partial charge is 0.450 e. The molecule has 1 amide bonds. The van der Waals surface area contributed by atoms with E-state index in [9.17, 15) is 4.79 Å². The van der Waals surface area contributed by atoms with Gasteiger partial charge in [0.25, 0.3) is 0 Å². The summed E-state index contributed by atoms with van der Waals surface area (Å²) in [5.41, 5.74) is 5.71. The Morgan fingerprint density at radius 1 is 1.37 bits per heavy atom. The van der Waals surface area contributed by atoms with Gasteiger partial charge in [-0.2, -0.15) is 0 Å². The fraction of sp³-hybridized carbons (Fsp3) is 0.429. The molecule has 0 bridgehead atoms. The molecule has 19 heavy (non-hydrogen) atoms. The van der Waals surface area contributed by atoms with E-state index in [-0.39, 0.29) is 6.09 Å². The van der Waals surface area contributed by atoms with Gasteiger partial charge in [-0.15, -0.1) is 0 Å². The SMILES string of the molecule is CCOC(=O)N1Cc2c(C)c(C)n3ccnc3c2C1. The van der Waals surface area contributed by atoms with Crippen LogP contribution in [0.25, 0.3) is 5.65 Å². The highest BCUT2D eigenvalue weighted by atomic mass is 16.6. The molecule has 0 N–H and O–H groups in total. The summed E-state index contributed by atoms with van der Waals surface area (Å²) < 4.78 is 7.17. The van der Waals surface area contributed by atoms with Crippen molar-refractivity contribution in [2.45, 2.75) is 33.9 Å². The molecule has 5 heteroatoms. The lowest BCUT2D eigenvalue weighted by Crippen LogP contribution is -2.26. The van der Waals surface area contributed by atoms with Crippen molar-refractivity contribution in [2.24, 2.45) is 0 Å². The van der Waals surface area contributed by atoms with Gasteiger partial charge in [-0.25, -0.2) is 9.78 Å². The normalized spacial score (nSPS) is 13.9. The van der Waals surface area contributed by atoms with Gasteiger partial charge in [0.2, 0.25) is 0 Å². The summed E-state index contributed by atoms with van der Waals surface area (Å²) in [6, 6.07) is 0. The first-order valence-electron chi connectivity index (χ1n) is 6.49. The van der Waals surface area contributed by atoms with E-state index >= 15 is 0 Å². The standard InChI is InChI=1S/C14H17N3O2/c1-4-19-14(18)16-7-11-9(2)10(3)17-6-5-15-13(17)12(11)8-16/h5-6H,4,7-8H2,1-3H3. The molecule has 1 aliphatic heterocycles. The van der Waals surface area contributed by atoms with Crippen molar-refractivity contribution in [3.8, 4) is 0 Å². The van der Waals surface area contributed by atoms with Crippen LogP contribution in [0.5, 0.6) is 0 Å². The Bertz CT molecular complexity index is 660. The summed E-state index contributed by atoms with van der Waals surface area (Å²) in [4.78, 5) is 18.0. The number of carbonyl (C=O) groups excluding carboxylic acids is 1. The number of pyridine rings is 1. The summed E-state index contributed by atoms with van der Waals surface area (Å²) in [5, 5.41) is 0. The van der Waals surface area contributed by atoms with Crippen LogP contribution in [0.2, 0.25) is 0 Å². The molecule has 0 unspecified atom stereocenters. The van der Waals surface area contributed by atoms with Crippen molar-refractivity contribution in [3.05, 3.63) is 34.8 Å². The van der Waals surface area contributed by atoms with E-state index in [1.807, 2.05) is 13.1 Å². The Morgan fingerprint density at radius 2 is 2.11 bits per heavy atom. The van der Waals surface area contributed by atoms with Crippen molar-refractivity contribution in [1.29, 1.82) is 0 Å². The van der Waals surface area contributed by atoms with Crippen LogP contribution < -0.4 is 0 Å². The summed E-state index contributed by atoms with van der Waals surface area (Å²) in [5.74, 6) is 0. The second kappa shape index (κ2) is 4.26. The van der Waals surface area contributed by atoms with Crippen LogP contribution in [0.1, 0.15) is 29.3 Å². The summed E-state index contributed by atoms with van der Waals surface area (Å²) in [6.07, 6.45) is 3.51. The Kier molecular flexibility index (Phi) is 2.69. The third-order valence-electron chi connectivity index (χ3n) is 3.86. The third kappa shape index (κ3) is 1.69. The highest BCUT2D eigenvalue weighted by Crippen LogP contribution is 2.31. The fourth-order valence-electron chi connectivity index (χ4n) is 2.72. The lowest BCUT2D eigenvalue weighted by Gasteiger charge is -2.14. The van der Waals surface area contributed by atoms with E-state index in [1.54, 1.807) is 11.1 Å². The number of ether oxygens (including phenoxy) is 1. The quantitative estimate of drug-likeness (QED) is 0.790. The molecule has 0 atom stereocenters. The van der Waals surface area contributed by atoms with Gasteiger partial charge >= 0.3 is 6.09 Å². The van der Waals surface area contributed by atoms with Crippen LogP contribution in [0, 0.1) is 13.8 Å². The molecular weight excluding hydrogens is 242 g/mol. The van der Waals surface area contributed by atoms with Crippen molar-refractivity contribution < 1.29 is 9.53 Å². The lowest BCUT2D eigenvalue weighted by molar-refractivity contribution is 0.106. The molecule has 2 aromatic heterocycles. The number of aromatic nitrogens is 2. The van der Waals surface area contributed by atoms with Gasteiger partial charge in [0, 0.05) is 23.7 Å². The Labute approximate surface area is 111 Å². The van der Waals surface area contributed by atoms with Gasteiger partial charge in [-0.1, -0.05) is 0 Å². The minimum absolute atomic E-state index is 0.250. The molecule has 2 aromatic rings. The number of imidazole rings is 1. The van der Waals surface area contributed by atoms with Crippen LogP contribution in [-0.2, 0) is 17.8 Å². The molecule has 0 fully saturated rings. The van der Waals surface area contributed by atoms with Gasteiger partial charge < -0.3 is 9.14 Å². The molecule has 0 radical (unpaired) electrons. The van der Waals surface area contributed by atoms with Crippen molar-refractivity contribution in [3.63, 3.8) is 0 Å². The molecule has 3 heterocycles. The number of aryl methyl sites for hydroxylation is 1. The number of amides is 1. The number of hydrogen-bond donors (Lipinski definition) is 0. The summed E-state index contributed by atoms with van der Waals surface area (Å²) in [7, 11) is 0. The Morgan fingerprint density at radius 3 is 2.84 bits per heavy atom. The zero-order valence-electron chi connectivity index (χ0n) is 11.4. The predicted octanol–water partition coefficient (Wildman–Crippen LogP) is 2.42. The molecule has 0 saturated heterocycles. The van der Waals surface area contributed by atoms with Gasteiger partial charge in [0.15, 0.2) is 0 Å². The predicted molar refractivity (Wildman–Crippen MR) is 70.9 cm³/mol. The molecule has 5 nitrogen and oxygen atoms in total. The van der Waals surface area contributed by atoms with Crippen LogP contribution in [0.15, 0.2) is 12.4 Å². The Hall–Kier alpha value is -2.04. The Balaban J connectivity index is 2.07. The second-order valence-corrected chi connectivity index (χ2v) is 4.84. The number of rotatable bonds is 1. The molecule has 0 aliphatic carbocycles. The minimum Gasteiger partial charge on any atom is -0.450 e. The fourth-order valence-corrected chi connectivity index (χ4v) is 2.72. The highest BCUT2D eigenvalue weighted by molar-refractivity contribution is 5.71. The van der Waals surface area contributed by atoms with Crippen molar-refractivity contribution in [1.82, 2.24) is 14.3 Å². The average Bonchev–Trinajstić information content (AvgIpc) is 3.02. The number of hydrogen-bond acceptors (Lipinski definition) is 3. The number of nitrogens with zero attached hydrogens (tertiary/aromatic N) is 3. The second-order valence-electron chi connectivity index (χ2n) is 4.84. The van der Waals surface area contributed by atoms with E-state index in [0.717, 1.165) is 11.2 Å². The van der Waals surface area contributed by atoms with Crippen LogP contribution in [0.4, 0.5) is 4.79 Å². The van der Waals surface area contributed by atoms with Crippen molar-refractivity contribution >= 4 is 11.7 Å². The maximum atomic E-state index is 11.9. The van der Waals surface area contributed by atoms with E-state index in [4.69, 9.17) is 4.74 Å². The first-order chi connectivity index (χ1) is 9.13. The maximum absolute atomic E-state index is 11.9. The smallest absolute Gasteiger partial charge is 0.410 e. The summed E-state index contributed by atoms with van der Waals surface area (Å²) >= 11 is 0. The topological polar surface area (TPSA) is 46.8 Å². The first-order valence-corrected chi connectivity index (χ1v) is 6.49. The molecule has 3 rings (SSSR count). The molecule has 0 spiro atoms. The van der Waals surface area contributed by atoms with Crippen LogP contribution in [-0.4, -0.2) is 27.0 Å². The molecule has 0 saturated carbocycles. The zero-order chi connectivity index (χ0) is 13.6. The van der Waals surface area contributed by atoms with Gasteiger partial charge in [-0.05, 0) is 31.9 Å². The van der Waals surface area contributed by atoms with Gasteiger partial charge in [-0.3, -0.25) is 4.90 Å². The third-order valence-corrected chi connectivity index (χ3v) is 3.86. The highest BCUT2D eigenvalue weighted by Gasteiger charge is 2.29. The molecular formula is C14H17N3O2. The summed E-state index contributed by atoms with van der Waals surface area (Å²) in [6.45, 7) is 7.60. The van der Waals surface area contributed by atoms with Crippen LogP contribution in [0.3, 0.4) is 0 Å². The van der Waals surface area contributed by atoms with Crippen molar-refractivity contribution in [2.75, 3.05) is 6.61 Å². The molecule has 0 aromatic carbocycles. The first kappa shape index (κ1) is 12.0. The maximum Gasteiger partial charge on any atom is 0.410 e. The molecule has 1 aliphatic rings. The van der Waals surface area contributed by atoms with E-state index in [0.29, 0.717) is 19.7 Å². The van der Waals surface area contributed by atoms with E-state index in [2.05, 4.69) is 23.2 Å². The van der Waals surface area contributed by atoms with Crippen LogP contribution >= 0.6 is 0 Å². The zero-order valence-corrected chi connectivity index (χ0v) is 11.4. The average molecular weight is 259 g/mol. The van der Waals surface area contributed by atoms with E-state index in [1.165, 1.54) is 16.8 Å². The number of fused-ring (bicyclic) bond motifs is 3. The van der Waals surface area contributed by atoms with Gasteiger partial charge in [0.1, 0.15) is 5.65 Å². The van der Waals surface area contributed by atoms with Gasteiger partial charge in [0.05, 0.1) is 19.7 Å². The number of carbonyl (C=O) groups is 1. The minimum atomic E-state index is -0.250.